The van der Waals surface area contributed by atoms with Crippen LogP contribution in [0.3, 0.4) is 0 Å². The Morgan fingerprint density at radius 1 is 1.25 bits per heavy atom. The number of ether oxygens (including phenoxy) is 1. The number of piperidine rings is 1. The van der Waals surface area contributed by atoms with Gasteiger partial charge in [0.05, 0.1) is 13.2 Å². The molecule has 3 N–H and O–H groups in total. The smallest absolute Gasteiger partial charge is 0.255 e. The van der Waals surface area contributed by atoms with Gasteiger partial charge in [-0.2, -0.15) is 0 Å². The molecule has 2 aromatic rings. The quantitative estimate of drug-likeness (QED) is 0.371. The van der Waals surface area contributed by atoms with Crippen molar-refractivity contribution < 1.29 is 19.1 Å². The van der Waals surface area contributed by atoms with Gasteiger partial charge in [0.2, 0.25) is 5.91 Å². The van der Waals surface area contributed by atoms with Crippen LogP contribution in [0.4, 0.5) is 0 Å². The summed E-state index contributed by atoms with van der Waals surface area (Å²) < 4.78 is 6.32. The third kappa shape index (κ3) is 5.13. The van der Waals surface area contributed by atoms with E-state index in [0.717, 1.165) is 55.6 Å². The van der Waals surface area contributed by atoms with E-state index >= 15 is 0 Å². The monoisotopic (exact) mass is 543 g/mol. The molecule has 3 heterocycles. The molecule has 1 spiro atoms. The van der Waals surface area contributed by atoms with E-state index in [4.69, 9.17) is 10.5 Å². The number of likely N-dealkylation sites (tertiary alicyclic amines) is 1. The van der Waals surface area contributed by atoms with Crippen LogP contribution in [0.15, 0.2) is 47.5 Å². The summed E-state index contributed by atoms with van der Waals surface area (Å²) in [5.41, 5.74) is 11.7. The third-order valence-corrected chi connectivity index (χ3v) is 8.51. The van der Waals surface area contributed by atoms with Crippen molar-refractivity contribution in [2.24, 2.45) is 10.7 Å². The molecule has 3 aliphatic rings. The Labute approximate surface area is 235 Å². The maximum Gasteiger partial charge on any atom is 0.255 e. The first kappa shape index (κ1) is 27.6. The van der Waals surface area contributed by atoms with Crippen molar-refractivity contribution in [2.75, 3.05) is 33.8 Å². The number of aldehydes is 1. The predicted molar refractivity (Wildman–Crippen MR) is 154 cm³/mol. The molecule has 3 aliphatic heterocycles. The molecule has 5 rings (SSSR count). The Kier molecular flexibility index (Phi) is 8.02. The lowest BCUT2D eigenvalue weighted by molar-refractivity contribution is -0.125. The highest BCUT2D eigenvalue weighted by atomic mass is 16.5. The minimum atomic E-state index is -0.687. The number of aliphatic imine (C=N–C) groups is 1. The van der Waals surface area contributed by atoms with Gasteiger partial charge in [-0.15, -0.1) is 0 Å². The number of nitrogens with two attached hydrogens (primary N) is 1. The summed E-state index contributed by atoms with van der Waals surface area (Å²) >= 11 is 0. The number of allylic oxidation sites excluding steroid dienone is 1. The molecule has 210 valence electrons. The van der Waals surface area contributed by atoms with Crippen LogP contribution < -0.4 is 15.8 Å². The predicted octanol–water partition coefficient (Wildman–Crippen LogP) is 2.66. The molecule has 1 fully saturated rings. The van der Waals surface area contributed by atoms with E-state index < -0.39 is 6.04 Å². The fourth-order valence-electron chi connectivity index (χ4n) is 6.24. The topological polar surface area (TPSA) is 117 Å². The van der Waals surface area contributed by atoms with Crippen LogP contribution in [0.5, 0.6) is 5.75 Å². The van der Waals surface area contributed by atoms with E-state index in [1.54, 1.807) is 25.2 Å². The molecule has 1 saturated heterocycles. The zero-order valence-electron chi connectivity index (χ0n) is 23.2. The Bertz CT molecular complexity index is 1360. The fraction of sp³-hybridized carbons (Fsp3) is 0.419. The average Bonchev–Trinajstić information content (AvgIpc) is 3.51. The van der Waals surface area contributed by atoms with Crippen LogP contribution in [0.2, 0.25) is 0 Å². The van der Waals surface area contributed by atoms with Gasteiger partial charge < -0.3 is 25.5 Å². The number of likely N-dealkylation sites (N-methyl/N-ethyl adjacent to an activating group) is 1. The van der Waals surface area contributed by atoms with Crippen LogP contribution in [0.1, 0.15) is 58.3 Å². The Morgan fingerprint density at radius 3 is 2.77 bits per heavy atom. The molecule has 2 amide bonds. The second-order valence-electron chi connectivity index (χ2n) is 10.9. The molecule has 0 aliphatic carbocycles. The zero-order valence-corrected chi connectivity index (χ0v) is 23.2. The van der Waals surface area contributed by atoms with Crippen LogP contribution in [0.25, 0.3) is 5.70 Å². The van der Waals surface area contributed by atoms with Crippen LogP contribution >= 0.6 is 0 Å². The van der Waals surface area contributed by atoms with Crippen LogP contribution in [0, 0.1) is 0 Å². The summed E-state index contributed by atoms with van der Waals surface area (Å²) in [6.45, 7) is 3.64. The molecule has 0 saturated carbocycles. The second-order valence-corrected chi connectivity index (χ2v) is 10.9. The summed E-state index contributed by atoms with van der Waals surface area (Å²) in [6.07, 6.45) is 6.74. The number of nitrogens with zero attached hydrogens (tertiary/aromatic N) is 3. The van der Waals surface area contributed by atoms with Crippen molar-refractivity contribution >= 4 is 30.0 Å². The van der Waals surface area contributed by atoms with Gasteiger partial charge in [-0.05, 0) is 61.7 Å². The van der Waals surface area contributed by atoms with Crippen molar-refractivity contribution in [2.45, 2.75) is 50.2 Å². The van der Waals surface area contributed by atoms with E-state index in [0.29, 0.717) is 30.8 Å². The molecular formula is C31H37N5O4. The fourth-order valence-corrected chi connectivity index (χ4v) is 6.24. The lowest BCUT2D eigenvalue weighted by Gasteiger charge is -2.38. The lowest BCUT2D eigenvalue weighted by atomic mass is 9.74. The first-order valence-corrected chi connectivity index (χ1v) is 13.9. The van der Waals surface area contributed by atoms with Crippen LogP contribution in [-0.4, -0.2) is 73.9 Å². The zero-order chi connectivity index (χ0) is 28.3. The van der Waals surface area contributed by atoms with Crippen molar-refractivity contribution in [3.63, 3.8) is 0 Å². The molecule has 1 atom stereocenters. The van der Waals surface area contributed by atoms with E-state index in [-0.39, 0.29) is 23.7 Å². The largest absolute Gasteiger partial charge is 0.492 e. The van der Waals surface area contributed by atoms with Crippen molar-refractivity contribution in [3.05, 3.63) is 70.3 Å². The van der Waals surface area contributed by atoms with Crippen molar-refractivity contribution in [3.8, 4) is 5.75 Å². The minimum Gasteiger partial charge on any atom is -0.492 e. The van der Waals surface area contributed by atoms with E-state index in [1.807, 2.05) is 24.3 Å². The number of amides is 2. The van der Waals surface area contributed by atoms with E-state index in [9.17, 15) is 14.4 Å². The average molecular weight is 544 g/mol. The summed E-state index contributed by atoms with van der Waals surface area (Å²) in [4.78, 5) is 44.9. The first-order chi connectivity index (χ1) is 19.4. The Hall–Kier alpha value is -3.98. The van der Waals surface area contributed by atoms with Crippen molar-refractivity contribution in [1.29, 1.82) is 0 Å². The molecule has 9 nitrogen and oxygen atoms in total. The molecule has 9 heteroatoms. The maximum atomic E-state index is 13.3. The lowest BCUT2D eigenvalue weighted by Crippen LogP contribution is -2.46. The van der Waals surface area contributed by atoms with Gasteiger partial charge in [0.25, 0.3) is 5.91 Å². The Balaban J connectivity index is 1.29. The number of nitrogens with one attached hydrogen (secondary N) is 1. The molecule has 0 aromatic heterocycles. The van der Waals surface area contributed by atoms with Gasteiger partial charge in [-0.3, -0.25) is 19.5 Å². The second kappa shape index (κ2) is 11.6. The minimum absolute atomic E-state index is 0.0798. The number of carbonyl (C=O) groups is 3. The van der Waals surface area contributed by atoms with Gasteiger partial charge in [0, 0.05) is 61.1 Å². The molecule has 0 bridgehead atoms. The number of fused-ring (bicyclic) bond motifs is 4. The molecule has 2 aromatic carbocycles. The first-order valence-electron chi connectivity index (χ1n) is 13.9. The summed E-state index contributed by atoms with van der Waals surface area (Å²) in [7, 11) is 3.27. The standard InChI is InChI=1S/C31H37N5O4/c1-33-13-10-26(32)22-6-3-5-21(17-22)18-35-14-11-31(12-15-35)20-40-28-24-19-36(27(7-4-16-37)29(38)34-2)30(39)23(24)8-9-25(28)31/h3,5-6,8-10,13,16-17,27H,4,7,11-12,14-15,18-20,32H2,1-2H3,(H,34,38)/b26-10-,33-13?. The normalized spacial score (nSPS) is 19.0. The summed E-state index contributed by atoms with van der Waals surface area (Å²) in [5, 5.41) is 2.64. The van der Waals surface area contributed by atoms with Crippen molar-refractivity contribution in [1.82, 2.24) is 15.1 Å². The highest BCUT2D eigenvalue weighted by Gasteiger charge is 2.47. The number of hydrogen-bond acceptors (Lipinski definition) is 7. The molecular weight excluding hydrogens is 506 g/mol. The van der Waals surface area contributed by atoms with Gasteiger partial charge >= 0.3 is 0 Å². The number of rotatable bonds is 9. The Morgan fingerprint density at radius 2 is 2.05 bits per heavy atom. The molecule has 1 unspecified atom stereocenters. The summed E-state index contributed by atoms with van der Waals surface area (Å²) in [5.74, 6) is 0.359. The number of benzene rings is 2. The third-order valence-electron chi connectivity index (χ3n) is 8.51. The van der Waals surface area contributed by atoms with Gasteiger partial charge in [-0.1, -0.05) is 24.3 Å². The van der Waals surface area contributed by atoms with E-state index in [2.05, 4.69) is 33.4 Å². The molecule has 0 radical (unpaired) electrons. The van der Waals surface area contributed by atoms with E-state index in [1.165, 1.54) is 11.1 Å². The van der Waals surface area contributed by atoms with Gasteiger partial charge in [0.1, 0.15) is 18.1 Å². The SMILES string of the molecule is CN=C/C=C(\N)c1cccc(CN2CCC3(CC2)COc2c3ccc3c2CN(C(CCC=O)C(=O)NC)C3=O)c1. The highest BCUT2D eigenvalue weighted by Crippen LogP contribution is 2.49. The maximum absolute atomic E-state index is 13.3. The summed E-state index contributed by atoms with van der Waals surface area (Å²) in [6, 6.07) is 11.6. The van der Waals surface area contributed by atoms with Gasteiger partial charge in [-0.25, -0.2) is 0 Å². The number of hydrogen-bond donors (Lipinski definition) is 2. The number of carbonyl (C=O) groups excluding carboxylic acids is 3. The van der Waals surface area contributed by atoms with Crippen LogP contribution in [-0.2, 0) is 28.1 Å². The molecule has 40 heavy (non-hydrogen) atoms. The van der Waals surface area contributed by atoms with Gasteiger partial charge in [0.15, 0.2) is 0 Å². The highest BCUT2D eigenvalue weighted by molar-refractivity contribution is 6.02.